The fourth-order valence-electron chi connectivity index (χ4n) is 4.34. The van der Waals surface area contributed by atoms with Gasteiger partial charge in [0.25, 0.3) is 5.56 Å². The number of H-pyrrole nitrogens is 1. The molecule has 9 heteroatoms. The summed E-state index contributed by atoms with van der Waals surface area (Å²) in [6, 6.07) is 13.6. The molecule has 1 saturated heterocycles. The van der Waals surface area contributed by atoms with Crippen molar-refractivity contribution in [2.75, 3.05) is 58.9 Å². The topological polar surface area (TPSA) is 79.1 Å². The van der Waals surface area contributed by atoms with Crippen molar-refractivity contribution in [1.82, 2.24) is 14.8 Å². The molecule has 2 aromatic carbocycles. The van der Waals surface area contributed by atoms with Crippen LogP contribution in [0, 0.1) is 6.92 Å². The van der Waals surface area contributed by atoms with Crippen LogP contribution in [0.5, 0.6) is 11.5 Å². The number of aryl methyl sites for hydroxylation is 1. The maximum Gasteiger partial charge on any atom is 0.253 e. The largest absolute Gasteiger partial charge is 0.497 e. The Kier molecular flexibility index (Phi) is 8.79. The summed E-state index contributed by atoms with van der Waals surface area (Å²) in [5, 5.41) is 4.85. The van der Waals surface area contributed by atoms with Crippen molar-refractivity contribution in [1.29, 1.82) is 0 Å². The highest BCUT2D eigenvalue weighted by atomic mass is 32.1. The lowest BCUT2D eigenvalue weighted by Gasteiger charge is -2.29. The number of hydrogen-bond acceptors (Lipinski definition) is 6. The van der Waals surface area contributed by atoms with E-state index in [1.807, 2.05) is 54.3 Å². The molecule has 36 heavy (non-hydrogen) atoms. The normalized spacial score (nSPS) is 14.0. The van der Waals surface area contributed by atoms with Gasteiger partial charge in [0.1, 0.15) is 11.5 Å². The molecule has 0 bridgehead atoms. The van der Waals surface area contributed by atoms with Crippen LogP contribution in [0.3, 0.4) is 0 Å². The van der Waals surface area contributed by atoms with Gasteiger partial charge in [-0.15, -0.1) is 0 Å². The van der Waals surface area contributed by atoms with Crippen LogP contribution in [0.25, 0.3) is 10.9 Å². The predicted molar refractivity (Wildman–Crippen MR) is 147 cm³/mol. The Bertz CT molecular complexity index is 1260. The molecule has 4 rings (SSSR count). The van der Waals surface area contributed by atoms with Gasteiger partial charge in [-0.05, 0) is 60.8 Å². The molecular weight excluding hydrogens is 476 g/mol. The lowest BCUT2D eigenvalue weighted by molar-refractivity contribution is 0.0367. The minimum atomic E-state index is -0.101. The first kappa shape index (κ1) is 25.9. The fourth-order valence-corrected chi connectivity index (χ4v) is 4.61. The maximum atomic E-state index is 13.0. The van der Waals surface area contributed by atoms with E-state index in [2.05, 4.69) is 15.2 Å². The van der Waals surface area contributed by atoms with Gasteiger partial charge in [0.15, 0.2) is 5.11 Å². The minimum Gasteiger partial charge on any atom is -0.497 e. The molecule has 2 heterocycles. The second-order valence-electron chi connectivity index (χ2n) is 8.94. The van der Waals surface area contributed by atoms with E-state index in [1.54, 1.807) is 14.2 Å². The SMILES string of the molecule is COc1ccc(NC(=S)N(CCCN2CCOCC2)Cc2cc3ccc(C)cc3[nH]c2=O)c(OC)c1. The quantitative estimate of drug-likeness (QED) is 0.421. The third kappa shape index (κ3) is 6.54. The molecule has 0 radical (unpaired) electrons. The molecule has 0 saturated carbocycles. The van der Waals surface area contributed by atoms with Crippen molar-refractivity contribution < 1.29 is 14.2 Å². The van der Waals surface area contributed by atoms with Gasteiger partial charge in [0.05, 0.1) is 39.7 Å². The van der Waals surface area contributed by atoms with Gasteiger partial charge in [0.2, 0.25) is 0 Å². The second kappa shape index (κ2) is 12.2. The Labute approximate surface area is 217 Å². The highest BCUT2D eigenvalue weighted by molar-refractivity contribution is 7.80. The molecule has 1 aliphatic rings. The van der Waals surface area contributed by atoms with E-state index in [1.165, 1.54) is 0 Å². The number of rotatable bonds is 9. The van der Waals surface area contributed by atoms with Gasteiger partial charge < -0.3 is 29.4 Å². The molecule has 2 N–H and O–H groups in total. The first-order valence-corrected chi connectivity index (χ1v) is 12.6. The monoisotopic (exact) mass is 510 g/mol. The van der Waals surface area contributed by atoms with Crippen molar-refractivity contribution in [2.45, 2.75) is 19.9 Å². The van der Waals surface area contributed by atoms with Crippen molar-refractivity contribution in [3.05, 3.63) is 63.9 Å². The van der Waals surface area contributed by atoms with E-state index >= 15 is 0 Å². The predicted octanol–water partition coefficient (Wildman–Crippen LogP) is 3.78. The van der Waals surface area contributed by atoms with E-state index < -0.39 is 0 Å². The molecule has 0 spiro atoms. The molecule has 3 aromatic rings. The summed E-state index contributed by atoms with van der Waals surface area (Å²) >= 11 is 5.83. The van der Waals surface area contributed by atoms with Crippen LogP contribution in [-0.2, 0) is 11.3 Å². The summed E-state index contributed by atoms with van der Waals surface area (Å²) in [6.07, 6.45) is 0.909. The highest BCUT2D eigenvalue weighted by Gasteiger charge is 2.17. The third-order valence-electron chi connectivity index (χ3n) is 6.38. The number of nitrogens with one attached hydrogen (secondary N) is 2. The molecule has 0 aliphatic carbocycles. The van der Waals surface area contributed by atoms with Crippen molar-refractivity contribution >= 4 is 33.9 Å². The number of thiocarbonyl (C=S) groups is 1. The molecule has 0 atom stereocenters. The van der Waals surface area contributed by atoms with Crippen molar-refractivity contribution in [2.24, 2.45) is 0 Å². The number of morpholine rings is 1. The Balaban J connectivity index is 1.54. The number of hydrogen-bond donors (Lipinski definition) is 2. The zero-order valence-electron chi connectivity index (χ0n) is 21.1. The van der Waals surface area contributed by atoms with Crippen LogP contribution in [0.15, 0.2) is 47.3 Å². The lowest BCUT2D eigenvalue weighted by Crippen LogP contribution is -2.40. The number of aromatic amines is 1. The van der Waals surface area contributed by atoms with Gasteiger partial charge in [0, 0.05) is 43.3 Å². The standard InChI is InChI=1S/C27H34N4O4S/c1-19-5-6-20-16-21(26(32)28-24(20)15-19)18-31(10-4-9-30-11-13-35-14-12-30)27(36)29-23-8-7-22(33-2)17-25(23)34-3/h5-8,15-17H,4,9-14,18H2,1-3H3,(H,28,32)(H,29,36). The van der Waals surface area contributed by atoms with Crippen LogP contribution >= 0.6 is 12.2 Å². The van der Waals surface area contributed by atoms with Crippen LogP contribution in [-0.4, -0.2) is 73.5 Å². The molecule has 8 nitrogen and oxygen atoms in total. The molecular formula is C27H34N4O4S. The third-order valence-corrected chi connectivity index (χ3v) is 6.74. The average Bonchev–Trinajstić information content (AvgIpc) is 2.89. The molecule has 1 fully saturated rings. The summed E-state index contributed by atoms with van der Waals surface area (Å²) < 4.78 is 16.3. The van der Waals surface area contributed by atoms with E-state index in [0.717, 1.165) is 61.4 Å². The molecule has 1 aromatic heterocycles. The second-order valence-corrected chi connectivity index (χ2v) is 9.33. The van der Waals surface area contributed by atoms with Crippen LogP contribution in [0.1, 0.15) is 17.5 Å². The van der Waals surface area contributed by atoms with Gasteiger partial charge >= 0.3 is 0 Å². The average molecular weight is 511 g/mol. The zero-order valence-corrected chi connectivity index (χ0v) is 22.0. The number of anilines is 1. The molecule has 0 unspecified atom stereocenters. The van der Waals surface area contributed by atoms with Gasteiger partial charge in [-0.25, -0.2) is 0 Å². The highest BCUT2D eigenvalue weighted by Crippen LogP contribution is 2.29. The summed E-state index contributed by atoms with van der Waals surface area (Å²) in [6.45, 7) is 7.48. The Morgan fingerprint density at radius 2 is 1.94 bits per heavy atom. The Morgan fingerprint density at radius 3 is 2.69 bits per heavy atom. The van der Waals surface area contributed by atoms with E-state index in [0.29, 0.717) is 35.3 Å². The van der Waals surface area contributed by atoms with E-state index in [-0.39, 0.29) is 5.56 Å². The summed E-state index contributed by atoms with van der Waals surface area (Å²) in [5.41, 5.74) is 3.25. The molecule has 192 valence electrons. The number of ether oxygens (including phenoxy) is 3. The zero-order chi connectivity index (χ0) is 25.5. The van der Waals surface area contributed by atoms with Crippen LogP contribution in [0.4, 0.5) is 5.69 Å². The van der Waals surface area contributed by atoms with Gasteiger partial charge in [-0.1, -0.05) is 12.1 Å². The Morgan fingerprint density at radius 1 is 1.14 bits per heavy atom. The van der Waals surface area contributed by atoms with Crippen molar-refractivity contribution in [3.8, 4) is 11.5 Å². The number of fused-ring (bicyclic) bond motifs is 1. The number of benzene rings is 2. The number of aromatic nitrogens is 1. The lowest BCUT2D eigenvalue weighted by atomic mass is 10.1. The smallest absolute Gasteiger partial charge is 0.253 e. The first-order valence-electron chi connectivity index (χ1n) is 12.2. The molecule has 0 amide bonds. The van der Waals surface area contributed by atoms with Crippen LogP contribution < -0.4 is 20.3 Å². The van der Waals surface area contributed by atoms with Crippen LogP contribution in [0.2, 0.25) is 0 Å². The van der Waals surface area contributed by atoms with Gasteiger partial charge in [-0.2, -0.15) is 0 Å². The van der Waals surface area contributed by atoms with E-state index in [4.69, 9.17) is 26.4 Å². The summed E-state index contributed by atoms with van der Waals surface area (Å²) in [7, 11) is 3.23. The Hall–Kier alpha value is -3.14. The van der Waals surface area contributed by atoms with Crippen molar-refractivity contribution in [3.63, 3.8) is 0 Å². The minimum absolute atomic E-state index is 0.101. The maximum absolute atomic E-state index is 13.0. The number of nitrogens with zero attached hydrogens (tertiary/aromatic N) is 2. The summed E-state index contributed by atoms with van der Waals surface area (Å²) in [4.78, 5) is 20.4. The van der Waals surface area contributed by atoms with E-state index in [9.17, 15) is 4.79 Å². The fraction of sp³-hybridized carbons (Fsp3) is 0.407. The number of methoxy groups -OCH3 is 2. The summed E-state index contributed by atoms with van der Waals surface area (Å²) in [5.74, 6) is 1.33. The number of pyridine rings is 1. The van der Waals surface area contributed by atoms with Gasteiger partial charge in [-0.3, -0.25) is 9.69 Å². The molecule has 1 aliphatic heterocycles. The first-order chi connectivity index (χ1) is 17.5.